The summed E-state index contributed by atoms with van der Waals surface area (Å²) < 4.78 is 0. The third-order valence-corrected chi connectivity index (χ3v) is 8.39. The Morgan fingerprint density at radius 3 is 2.21 bits per heavy atom. The van der Waals surface area contributed by atoms with Crippen molar-refractivity contribution < 1.29 is 24.3 Å². The molecule has 3 rings (SSSR count). The van der Waals surface area contributed by atoms with Gasteiger partial charge in [-0.1, -0.05) is 19.8 Å². The maximum absolute atomic E-state index is 12.9. The first kappa shape index (κ1) is 26.6. The molecule has 0 radical (unpaired) electrons. The van der Waals surface area contributed by atoms with Gasteiger partial charge in [0, 0.05) is 36.7 Å². The number of thioether (sulfide) groups is 1. The third kappa shape index (κ3) is 8.06. The second kappa shape index (κ2) is 13.2. The zero-order valence-electron chi connectivity index (χ0n) is 20.2. The van der Waals surface area contributed by atoms with Crippen molar-refractivity contribution in [1.82, 2.24) is 20.9 Å². The van der Waals surface area contributed by atoms with E-state index in [0.29, 0.717) is 30.4 Å². The zero-order valence-corrected chi connectivity index (χ0v) is 21.0. The molecule has 1 saturated heterocycles. The first-order valence-corrected chi connectivity index (χ1v) is 14.0. The largest absolute Gasteiger partial charge is 0.481 e. The number of nitrogens with zero attached hydrogens (tertiary/aromatic N) is 1. The molecule has 2 unspecified atom stereocenters. The van der Waals surface area contributed by atoms with Crippen LogP contribution in [-0.2, 0) is 14.4 Å². The summed E-state index contributed by atoms with van der Waals surface area (Å²) in [6.45, 7) is 2.20. The average molecular weight is 497 g/mol. The number of carboxylic acids is 1. The van der Waals surface area contributed by atoms with Gasteiger partial charge in [-0.15, -0.1) is 11.8 Å². The Bertz CT molecular complexity index is 728. The molecule has 34 heavy (non-hydrogen) atoms. The van der Waals surface area contributed by atoms with E-state index in [9.17, 15) is 19.2 Å². The molecular weight excluding hydrogens is 456 g/mol. The molecule has 2 saturated carbocycles. The van der Waals surface area contributed by atoms with Crippen molar-refractivity contribution in [2.75, 3.05) is 11.6 Å². The minimum absolute atomic E-state index is 0.0603. The monoisotopic (exact) mass is 496 g/mol. The highest BCUT2D eigenvalue weighted by Crippen LogP contribution is 2.25. The Morgan fingerprint density at radius 1 is 0.882 bits per heavy atom. The topological polar surface area (TPSA) is 128 Å². The molecule has 0 aromatic heterocycles. The Hall–Kier alpha value is -1.97. The fraction of sp³-hybridized carbons (Fsp3) is 0.833. The van der Waals surface area contributed by atoms with Crippen LogP contribution in [0.5, 0.6) is 0 Å². The molecule has 4 amide bonds. The van der Waals surface area contributed by atoms with Gasteiger partial charge in [0.05, 0.1) is 5.88 Å². The van der Waals surface area contributed by atoms with E-state index in [4.69, 9.17) is 5.11 Å². The molecule has 0 aromatic rings. The lowest BCUT2D eigenvalue weighted by Gasteiger charge is -2.33. The lowest BCUT2D eigenvalue weighted by atomic mass is 9.86. The van der Waals surface area contributed by atoms with Gasteiger partial charge in [0.15, 0.2) is 0 Å². The third-order valence-electron chi connectivity index (χ3n) is 7.37. The Kier molecular flexibility index (Phi) is 10.3. The molecule has 0 aromatic carbocycles. The van der Waals surface area contributed by atoms with Crippen LogP contribution in [0.1, 0.15) is 84.0 Å². The quantitative estimate of drug-likeness (QED) is 0.364. The number of carboxylic acid groups (broad SMARTS) is 1. The van der Waals surface area contributed by atoms with Crippen LogP contribution < -0.4 is 16.0 Å². The molecule has 0 spiro atoms. The van der Waals surface area contributed by atoms with Crippen LogP contribution in [0.4, 0.5) is 4.79 Å². The van der Waals surface area contributed by atoms with E-state index in [-0.39, 0.29) is 48.8 Å². The van der Waals surface area contributed by atoms with Crippen LogP contribution in [0.15, 0.2) is 0 Å². The van der Waals surface area contributed by atoms with Gasteiger partial charge in [0.2, 0.25) is 11.8 Å². The predicted molar refractivity (Wildman–Crippen MR) is 131 cm³/mol. The number of amides is 4. The van der Waals surface area contributed by atoms with Crippen LogP contribution in [0.2, 0.25) is 0 Å². The maximum Gasteiger partial charge on any atom is 0.315 e. The molecule has 4 N–H and O–H groups in total. The van der Waals surface area contributed by atoms with Gasteiger partial charge in [0.25, 0.3) is 0 Å². The van der Waals surface area contributed by atoms with Gasteiger partial charge in [-0.05, 0) is 57.3 Å². The number of nitrogens with one attached hydrogen (secondary N) is 3. The van der Waals surface area contributed by atoms with Gasteiger partial charge in [0.1, 0.15) is 6.04 Å². The van der Waals surface area contributed by atoms with Crippen molar-refractivity contribution in [3.8, 4) is 0 Å². The number of urea groups is 1. The van der Waals surface area contributed by atoms with Crippen LogP contribution >= 0.6 is 11.8 Å². The number of unbranched alkanes of at least 4 members (excludes halogenated alkanes) is 1. The van der Waals surface area contributed by atoms with Crippen molar-refractivity contribution in [3.05, 3.63) is 0 Å². The minimum atomic E-state index is -0.856. The van der Waals surface area contributed by atoms with E-state index in [2.05, 4.69) is 22.9 Å². The maximum atomic E-state index is 12.9. The number of aliphatic carboxylic acids is 1. The summed E-state index contributed by atoms with van der Waals surface area (Å²) in [5.41, 5.74) is 0. The summed E-state index contributed by atoms with van der Waals surface area (Å²) >= 11 is 1.57. The minimum Gasteiger partial charge on any atom is -0.481 e. The molecule has 3 atom stereocenters. The van der Waals surface area contributed by atoms with E-state index in [1.54, 1.807) is 16.7 Å². The summed E-state index contributed by atoms with van der Waals surface area (Å²) in [4.78, 5) is 50.1. The SMILES string of the molecule is CC1CCCCC1NC(=O)NC1CCC(NC(=O)[C@@H]2CSCN2C(=O)CCCCC(=O)O)CC1. The molecule has 3 fully saturated rings. The number of hydrogen-bond acceptors (Lipinski definition) is 5. The molecule has 1 heterocycles. The smallest absolute Gasteiger partial charge is 0.315 e. The average Bonchev–Trinajstić information content (AvgIpc) is 3.30. The van der Waals surface area contributed by atoms with Crippen molar-refractivity contribution in [2.24, 2.45) is 5.92 Å². The number of carbonyl (C=O) groups excluding carboxylic acids is 3. The van der Waals surface area contributed by atoms with Crippen molar-refractivity contribution >= 4 is 35.6 Å². The van der Waals surface area contributed by atoms with E-state index in [0.717, 1.165) is 32.1 Å². The van der Waals surface area contributed by atoms with Crippen LogP contribution in [0.3, 0.4) is 0 Å². The molecular formula is C24H40N4O5S. The Balaban J connectivity index is 1.36. The Morgan fingerprint density at radius 2 is 1.53 bits per heavy atom. The predicted octanol–water partition coefficient (Wildman–Crippen LogP) is 2.84. The highest BCUT2D eigenvalue weighted by Gasteiger charge is 2.35. The highest BCUT2D eigenvalue weighted by atomic mass is 32.2. The Labute approximate surface area is 206 Å². The lowest BCUT2D eigenvalue weighted by Crippen LogP contribution is -2.53. The second-order valence-electron chi connectivity index (χ2n) is 10.0. The molecule has 0 bridgehead atoms. The van der Waals surface area contributed by atoms with Crippen LogP contribution in [0.25, 0.3) is 0 Å². The first-order chi connectivity index (χ1) is 16.3. The zero-order chi connectivity index (χ0) is 24.5. The fourth-order valence-electron chi connectivity index (χ4n) is 5.21. The number of hydrogen-bond donors (Lipinski definition) is 4. The molecule has 3 aliphatic rings. The van der Waals surface area contributed by atoms with Gasteiger partial charge >= 0.3 is 12.0 Å². The summed E-state index contributed by atoms with van der Waals surface area (Å²) in [6, 6.07) is -0.0950. The molecule has 1 aliphatic heterocycles. The molecule has 192 valence electrons. The molecule has 9 nitrogen and oxygen atoms in total. The van der Waals surface area contributed by atoms with E-state index in [1.165, 1.54) is 19.3 Å². The van der Waals surface area contributed by atoms with Gasteiger partial charge in [-0.2, -0.15) is 0 Å². The van der Waals surface area contributed by atoms with Crippen molar-refractivity contribution in [3.63, 3.8) is 0 Å². The van der Waals surface area contributed by atoms with E-state index < -0.39 is 12.0 Å². The second-order valence-corrected chi connectivity index (χ2v) is 11.0. The number of carbonyl (C=O) groups is 4. The summed E-state index contributed by atoms with van der Waals surface area (Å²) in [6.07, 6.45) is 9.22. The fourth-order valence-corrected chi connectivity index (χ4v) is 6.39. The summed E-state index contributed by atoms with van der Waals surface area (Å²) in [5, 5.41) is 18.1. The number of rotatable bonds is 9. The summed E-state index contributed by atoms with van der Waals surface area (Å²) in [7, 11) is 0. The standard InChI is InChI=1S/C24H40N4O5S/c1-16-6-2-3-7-19(16)27-24(33)26-18-12-10-17(11-13-18)25-23(32)20-14-34-15-28(20)21(29)8-4-5-9-22(30)31/h16-20H,2-15H2,1H3,(H,25,32)(H,30,31)(H2,26,27,33)/t16?,17?,18?,19?,20-/m0/s1. The van der Waals surface area contributed by atoms with Crippen molar-refractivity contribution in [2.45, 2.75) is 108 Å². The highest BCUT2D eigenvalue weighted by molar-refractivity contribution is 7.99. The van der Waals surface area contributed by atoms with E-state index >= 15 is 0 Å². The normalized spacial score (nSPS) is 29.3. The van der Waals surface area contributed by atoms with Gasteiger partial charge in [-0.3, -0.25) is 14.4 Å². The van der Waals surface area contributed by atoms with Gasteiger partial charge < -0.3 is 26.0 Å². The summed E-state index contributed by atoms with van der Waals surface area (Å²) in [5.74, 6) is 0.567. The van der Waals surface area contributed by atoms with Crippen molar-refractivity contribution in [1.29, 1.82) is 0 Å². The van der Waals surface area contributed by atoms with Crippen LogP contribution in [0, 0.1) is 5.92 Å². The van der Waals surface area contributed by atoms with Crippen LogP contribution in [-0.4, -0.2) is 69.6 Å². The van der Waals surface area contributed by atoms with Gasteiger partial charge in [-0.25, -0.2) is 4.79 Å². The molecule has 2 aliphatic carbocycles. The first-order valence-electron chi connectivity index (χ1n) is 12.8. The molecule has 10 heteroatoms. The lowest BCUT2D eigenvalue weighted by molar-refractivity contribution is -0.139. The van der Waals surface area contributed by atoms with E-state index in [1.807, 2.05) is 0 Å².